The van der Waals surface area contributed by atoms with Gasteiger partial charge in [0, 0.05) is 6.08 Å². The molecule has 1 atom stereocenters. The first-order valence-electron chi connectivity index (χ1n) is 8.14. The number of oxazole rings is 1. The molecule has 8 heteroatoms. The van der Waals surface area contributed by atoms with Crippen LogP contribution in [0.25, 0.3) is 17.2 Å². The first kappa shape index (κ1) is 15.5. The number of nitrogens with one attached hydrogen (secondary N) is 1. The molecule has 4 rings (SSSR count). The Kier molecular flexibility index (Phi) is 4.02. The van der Waals surface area contributed by atoms with E-state index in [0.717, 1.165) is 23.9 Å². The highest BCUT2D eigenvalue weighted by Crippen LogP contribution is 2.40. The maximum absolute atomic E-state index is 11.1. The van der Waals surface area contributed by atoms with Crippen molar-refractivity contribution in [2.24, 2.45) is 5.92 Å². The van der Waals surface area contributed by atoms with Crippen LogP contribution in [0.15, 0.2) is 41.0 Å². The highest BCUT2D eigenvalue weighted by atomic mass is 16.5. The Morgan fingerprint density at radius 3 is 2.96 bits per heavy atom. The predicted octanol–water partition coefficient (Wildman–Crippen LogP) is 2.33. The normalized spacial score (nSPS) is 16.2. The summed E-state index contributed by atoms with van der Waals surface area (Å²) in [6.45, 7) is 0. The van der Waals surface area contributed by atoms with Gasteiger partial charge in [-0.05, 0) is 37.0 Å². The van der Waals surface area contributed by atoms with Gasteiger partial charge in [-0.25, -0.2) is 15.1 Å². The van der Waals surface area contributed by atoms with Crippen molar-refractivity contribution in [1.82, 2.24) is 25.5 Å². The molecule has 0 bridgehead atoms. The second-order valence-electron chi connectivity index (χ2n) is 6.09. The van der Waals surface area contributed by atoms with Crippen molar-refractivity contribution in [2.45, 2.75) is 25.3 Å². The molecule has 1 aliphatic rings. The summed E-state index contributed by atoms with van der Waals surface area (Å²) in [5.74, 6) is 0.399. The summed E-state index contributed by atoms with van der Waals surface area (Å²) >= 11 is 0. The van der Waals surface area contributed by atoms with Crippen molar-refractivity contribution in [2.75, 3.05) is 0 Å². The van der Waals surface area contributed by atoms with E-state index in [2.05, 4.69) is 15.3 Å². The first-order chi connectivity index (χ1) is 12.2. The SMILES string of the molecule is O=C(/C=C/c1cn(C(c2nc3ccccc3o2)C2CCC2)nn1)NO. The fourth-order valence-electron chi connectivity index (χ4n) is 3.00. The van der Waals surface area contributed by atoms with Crippen LogP contribution in [0.3, 0.4) is 0 Å². The maximum Gasteiger partial charge on any atom is 0.267 e. The van der Waals surface area contributed by atoms with E-state index in [-0.39, 0.29) is 6.04 Å². The van der Waals surface area contributed by atoms with Crippen molar-refractivity contribution >= 4 is 23.1 Å². The number of hydrogen-bond acceptors (Lipinski definition) is 6. The molecule has 2 aromatic heterocycles. The third-order valence-corrected chi connectivity index (χ3v) is 4.49. The van der Waals surface area contributed by atoms with E-state index in [0.29, 0.717) is 17.5 Å². The quantitative estimate of drug-likeness (QED) is 0.420. The molecule has 25 heavy (non-hydrogen) atoms. The molecule has 1 unspecified atom stereocenters. The van der Waals surface area contributed by atoms with Crippen molar-refractivity contribution in [3.8, 4) is 0 Å². The van der Waals surface area contributed by atoms with Crippen molar-refractivity contribution in [3.63, 3.8) is 0 Å². The number of rotatable bonds is 5. The summed E-state index contributed by atoms with van der Waals surface area (Å²) in [5.41, 5.74) is 3.63. The third kappa shape index (κ3) is 3.03. The summed E-state index contributed by atoms with van der Waals surface area (Å²) in [6.07, 6.45) is 7.77. The zero-order valence-electron chi connectivity index (χ0n) is 13.4. The summed E-state index contributed by atoms with van der Waals surface area (Å²) in [4.78, 5) is 15.7. The standard InChI is InChI=1S/C17H17N5O3/c23-15(20-24)9-8-12-10-22(21-19-12)16(11-4-3-5-11)17-18-13-6-1-2-7-14(13)25-17/h1-2,6-11,16,24H,3-5H2,(H,20,23)/b9-8+. The van der Waals surface area contributed by atoms with E-state index in [4.69, 9.17) is 9.62 Å². The van der Waals surface area contributed by atoms with Crippen LogP contribution in [0.5, 0.6) is 0 Å². The molecule has 1 amide bonds. The van der Waals surface area contributed by atoms with Crippen LogP contribution in [-0.2, 0) is 4.79 Å². The van der Waals surface area contributed by atoms with Crippen LogP contribution in [0.2, 0.25) is 0 Å². The Bertz CT molecular complexity index is 892. The fraction of sp³-hybridized carbons (Fsp3) is 0.294. The molecular weight excluding hydrogens is 322 g/mol. The van der Waals surface area contributed by atoms with Gasteiger partial charge < -0.3 is 4.42 Å². The number of hydroxylamine groups is 1. The Labute approximate surface area is 143 Å². The monoisotopic (exact) mass is 339 g/mol. The smallest absolute Gasteiger partial charge is 0.267 e. The van der Waals surface area contributed by atoms with E-state index in [1.165, 1.54) is 24.1 Å². The first-order valence-corrected chi connectivity index (χ1v) is 8.14. The second kappa shape index (κ2) is 6.48. The number of carbonyl (C=O) groups is 1. The van der Waals surface area contributed by atoms with Gasteiger partial charge in [0.2, 0.25) is 5.89 Å². The molecule has 1 saturated carbocycles. The van der Waals surface area contributed by atoms with Crippen LogP contribution in [-0.4, -0.2) is 31.1 Å². The molecule has 1 aliphatic carbocycles. The van der Waals surface area contributed by atoms with E-state index in [1.54, 1.807) is 10.9 Å². The largest absolute Gasteiger partial charge is 0.438 e. The Morgan fingerprint density at radius 2 is 2.24 bits per heavy atom. The van der Waals surface area contributed by atoms with E-state index >= 15 is 0 Å². The minimum atomic E-state index is -0.621. The number of carbonyl (C=O) groups excluding carboxylic acids is 1. The van der Waals surface area contributed by atoms with E-state index in [9.17, 15) is 4.79 Å². The number of nitrogens with zero attached hydrogens (tertiary/aromatic N) is 4. The van der Waals surface area contributed by atoms with Crippen molar-refractivity contribution < 1.29 is 14.4 Å². The van der Waals surface area contributed by atoms with Crippen molar-refractivity contribution in [3.05, 3.63) is 48.1 Å². The molecule has 0 aliphatic heterocycles. The lowest BCUT2D eigenvalue weighted by Gasteiger charge is -2.31. The van der Waals surface area contributed by atoms with Gasteiger partial charge >= 0.3 is 0 Å². The maximum atomic E-state index is 11.1. The fourth-order valence-corrected chi connectivity index (χ4v) is 3.00. The molecule has 2 N–H and O–H groups in total. The molecule has 128 valence electrons. The number of aromatic nitrogens is 4. The summed E-state index contributed by atoms with van der Waals surface area (Å²) < 4.78 is 7.69. The lowest BCUT2D eigenvalue weighted by Crippen LogP contribution is -2.27. The molecule has 8 nitrogen and oxygen atoms in total. The number of para-hydroxylation sites is 2. The number of amides is 1. The Morgan fingerprint density at radius 1 is 1.40 bits per heavy atom. The van der Waals surface area contributed by atoms with Crippen LogP contribution in [0, 0.1) is 5.92 Å². The number of hydrogen-bond donors (Lipinski definition) is 2. The van der Waals surface area contributed by atoms with Gasteiger partial charge in [0.1, 0.15) is 17.3 Å². The van der Waals surface area contributed by atoms with Crippen LogP contribution in [0.1, 0.15) is 36.9 Å². The molecule has 0 spiro atoms. The molecule has 1 fully saturated rings. The lowest BCUT2D eigenvalue weighted by atomic mass is 9.79. The van der Waals surface area contributed by atoms with Gasteiger partial charge in [0.25, 0.3) is 5.91 Å². The zero-order chi connectivity index (χ0) is 17.2. The van der Waals surface area contributed by atoms with Crippen LogP contribution in [0.4, 0.5) is 0 Å². The van der Waals surface area contributed by atoms with Crippen molar-refractivity contribution in [1.29, 1.82) is 0 Å². The number of benzene rings is 1. The van der Waals surface area contributed by atoms with Gasteiger partial charge in [0.15, 0.2) is 5.58 Å². The summed E-state index contributed by atoms with van der Waals surface area (Å²) in [6, 6.07) is 7.54. The minimum absolute atomic E-state index is 0.123. The molecule has 1 aromatic carbocycles. The highest BCUT2D eigenvalue weighted by Gasteiger charge is 2.34. The van der Waals surface area contributed by atoms with Gasteiger partial charge in [-0.1, -0.05) is 23.8 Å². The molecule has 0 saturated heterocycles. The summed E-state index contributed by atoms with van der Waals surface area (Å²) in [5, 5.41) is 16.8. The van der Waals surface area contributed by atoms with Gasteiger partial charge in [-0.15, -0.1) is 5.10 Å². The van der Waals surface area contributed by atoms with Gasteiger partial charge in [-0.3, -0.25) is 10.0 Å². The van der Waals surface area contributed by atoms with Crippen LogP contribution >= 0.6 is 0 Å². The molecule has 0 radical (unpaired) electrons. The Hall–Kier alpha value is -3.00. The zero-order valence-corrected chi connectivity index (χ0v) is 13.4. The molecule has 3 aromatic rings. The minimum Gasteiger partial charge on any atom is -0.438 e. The Balaban J connectivity index is 1.67. The molecule has 2 heterocycles. The topological polar surface area (TPSA) is 106 Å². The van der Waals surface area contributed by atoms with Gasteiger partial charge in [-0.2, -0.15) is 0 Å². The van der Waals surface area contributed by atoms with Gasteiger partial charge in [0.05, 0.1) is 6.20 Å². The lowest BCUT2D eigenvalue weighted by molar-refractivity contribution is -0.124. The van der Waals surface area contributed by atoms with Crippen LogP contribution < -0.4 is 5.48 Å². The predicted molar refractivity (Wildman–Crippen MR) is 88.5 cm³/mol. The second-order valence-corrected chi connectivity index (χ2v) is 6.09. The average molecular weight is 339 g/mol. The van der Waals surface area contributed by atoms with E-state index < -0.39 is 5.91 Å². The highest BCUT2D eigenvalue weighted by molar-refractivity contribution is 5.90. The number of fused-ring (bicyclic) bond motifs is 1. The summed E-state index contributed by atoms with van der Waals surface area (Å²) in [7, 11) is 0. The van der Waals surface area contributed by atoms with E-state index in [1.807, 2.05) is 24.3 Å². The third-order valence-electron chi connectivity index (χ3n) is 4.49. The molecular formula is C17H17N5O3. The average Bonchev–Trinajstić information content (AvgIpc) is 3.22.